The lowest BCUT2D eigenvalue weighted by Gasteiger charge is -2.40. The van der Waals surface area contributed by atoms with Gasteiger partial charge in [-0.15, -0.1) is 0 Å². The van der Waals surface area contributed by atoms with Crippen molar-refractivity contribution in [2.45, 2.75) is 33.7 Å². The van der Waals surface area contributed by atoms with Crippen molar-refractivity contribution in [2.75, 3.05) is 27.7 Å². The van der Waals surface area contributed by atoms with Crippen LogP contribution >= 0.6 is 0 Å². The van der Waals surface area contributed by atoms with E-state index >= 15 is 0 Å². The predicted octanol–water partition coefficient (Wildman–Crippen LogP) is 4.29. The van der Waals surface area contributed by atoms with E-state index in [2.05, 4.69) is 40.9 Å². The zero-order valence-electron chi connectivity index (χ0n) is 16.0. The third kappa shape index (κ3) is 4.70. The Bertz CT molecular complexity index is 601. The molecule has 0 fully saturated rings. The van der Waals surface area contributed by atoms with Gasteiger partial charge in [-0.3, -0.25) is 0 Å². The summed E-state index contributed by atoms with van der Waals surface area (Å²) in [6, 6.07) is 7.81. The first kappa shape index (κ1) is 18.7. The van der Waals surface area contributed by atoms with Gasteiger partial charge in [0.15, 0.2) is 0 Å². The number of methoxy groups -OCH3 is 1. The molecule has 3 nitrogen and oxygen atoms in total. The highest BCUT2D eigenvalue weighted by Gasteiger charge is 2.32. The van der Waals surface area contributed by atoms with Crippen molar-refractivity contribution < 1.29 is 14.0 Å². The molecule has 0 heterocycles. The number of quaternary nitrogens is 1. The molecule has 0 spiro atoms. The van der Waals surface area contributed by atoms with E-state index in [1.807, 2.05) is 24.3 Å². The van der Waals surface area contributed by atoms with Crippen molar-refractivity contribution in [1.29, 1.82) is 0 Å². The van der Waals surface area contributed by atoms with E-state index in [1.165, 1.54) is 31.2 Å². The van der Waals surface area contributed by atoms with E-state index in [0.717, 1.165) is 22.9 Å². The molecule has 0 radical (unpaired) electrons. The number of ether oxygens (including phenoxy) is 1. The van der Waals surface area contributed by atoms with E-state index in [4.69, 9.17) is 4.74 Å². The summed E-state index contributed by atoms with van der Waals surface area (Å²) in [6.45, 7) is 9.15. The van der Waals surface area contributed by atoms with Crippen molar-refractivity contribution in [3.05, 3.63) is 47.0 Å². The van der Waals surface area contributed by atoms with Crippen molar-refractivity contribution in [3.63, 3.8) is 0 Å². The number of carbonyl (C=O) groups is 1. The summed E-state index contributed by atoms with van der Waals surface area (Å²) in [5, 5.41) is 0. The Morgan fingerprint density at radius 1 is 1.21 bits per heavy atom. The van der Waals surface area contributed by atoms with Gasteiger partial charge in [-0.25, -0.2) is 4.79 Å². The Balaban J connectivity index is 2.04. The quantitative estimate of drug-likeness (QED) is 0.457. The Labute approximate surface area is 146 Å². The summed E-state index contributed by atoms with van der Waals surface area (Å²) in [4.78, 5) is 11.5. The van der Waals surface area contributed by atoms with Gasteiger partial charge < -0.3 is 9.22 Å². The minimum absolute atomic E-state index is 0.276. The minimum Gasteiger partial charge on any atom is -0.465 e. The molecule has 0 N–H and O–H groups in total. The molecule has 0 aliphatic heterocycles. The number of benzene rings is 1. The molecule has 3 atom stereocenters. The number of esters is 1. The average Bonchev–Trinajstić information content (AvgIpc) is 2.50. The maximum absolute atomic E-state index is 11.5. The predicted molar refractivity (Wildman–Crippen MR) is 98.7 cm³/mol. The van der Waals surface area contributed by atoms with E-state index in [-0.39, 0.29) is 5.97 Å². The molecule has 0 aromatic heterocycles. The Morgan fingerprint density at radius 2 is 1.83 bits per heavy atom. The maximum atomic E-state index is 11.5. The van der Waals surface area contributed by atoms with Gasteiger partial charge in [-0.05, 0) is 37.3 Å². The summed E-state index contributed by atoms with van der Waals surface area (Å²) >= 11 is 0. The first-order valence-electron chi connectivity index (χ1n) is 8.88. The zero-order chi connectivity index (χ0) is 17.9. The molecular formula is C21H32NO2+. The van der Waals surface area contributed by atoms with Crippen molar-refractivity contribution >= 4 is 5.97 Å². The van der Waals surface area contributed by atoms with Gasteiger partial charge in [0.2, 0.25) is 0 Å². The molecule has 132 valence electrons. The summed E-state index contributed by atoms with van der Waals surface area (Å²) < 4.78 is 5.72. The minimum atomic E-state index is -0.276. The lowest BCUT2D eigenvalue weighted by atomic mass is 9.74. The summed E-state index contributed by atoms with van der Waals surface area (Å²) in [5.74, 6) is 1.83. The maximum Gasteiger partial charge on any atom is 0.337 e. The number of hydrogen-bond donors (Lipinski definition) is 0. The highest BCUT2D eigenvalue weighted by Crippen LogP contribution is 2.35. The first-order chi connectivity index (χ1) is 11.2. The van der Waals surface area contributed by atoms with Crippen LogP contribution in [-0.4, -0.2) is 38.2 Å². The molecule has 24 heavy (non-hydrogen) atoms. The van der Waals surface area contributed by atoms with Crippen LogP contribution in [0.5, 0.6) is 0 Å². The Kier molecular flexibility index (Phi) is 5.87. The summed E-state index contributed by atoms with van der Waals surface area (Å²) in [6.07, 6.45) is 3.68. The van der Waals surface area contributed by atoms with Gasteiger partial charge in [0.05, 0.1) is 33.3 Å². The molecule has 1 aliphatic rings. The second-order valence-electron chi connectivity index (χ2n) is 8.18. The molecule has 2 rings (SSSR count). The van der Waals surface area contributed by atoms with Crippen LogP contribution in [0.15, 0.2) is 35.9 Å². The van der Waals surface area contributed by atoms with Crippen LogP contribution in [0.2, 0.25) is 0 Å². The van der Waals surface area contributed by atoms with Gasteiger partial charge in [0, 0.05) is 11.5 Å². The summed E-state index contributed by atoms with van der Waals surface area (Å²) in [5.41, 5.74) is 3.41. The average molecular weight is 330 g/mol. The van der Waals surface area contributed by atoms with Crippen molar-refractivity contribution in [2.24, 2.45) is 17.8 Å². The van der Waals surface area contributed by atoms with Crippen LogP contribution in [0.25, 0.3) is 0 Å². The lowest BCUT2D eigenvalue weighted by molar-refractivity contribution is -0.907. The monoisotopic (exact) mass is 330 g/mol. The fourth-order valence-electron chi connectivity index (χ4n) is 4.16. The topological polar surface area (TPSA) is 26.3 Å². The lowest BCUT2D eigenvalue weighted by Crippen LogP contribution is -2.46. The standard InChI is InChI=1S/C21H32NO2/c1-15-11-16(2)20(17(3)12-15)14-22(4,5)13-18-7-9-19(10-8-18)21(23)24-6/h7-11,16-17,20H,12-14H2,1-6H3/q+1. The van der Waals surface area contributed by atoms with Gasteiger partial charge in [-0.2, -0.15) is 0 Å². The number of hydrogen-bond acceptors (Lipinski definition) is 2. The Morgan fingerprint density at radius 3 is 2.38 bits per heavy atom. The number of carbonyl (C=O) groups excluding carboxylic acids is 1. The molecule has 0 bridgehead atoms. The van der Waals surface area contributed by atoms with Gasteiger partial charge in [0.1, 0.15) is 6.54 Å². The molecular weight excluding hydrogens is 298 g/mol. The third-order valence-corrected chi connectivity index (χ3v) is 5.29. The molecule has 1 aromatic carbocycles. The smallest absolute Gasteiger partial charge is 0.337 e. The molecule has 1 aliphatic carbocycles. The molecule has 0 saturated carbocycles. The van der Waals surface area contributed by atoms with Crippen molar-refractivity contribution in [3.8, 4) is 0 Å². The molecule has 0 saturated heterocycles. The van der Waals surface area contributed by atoms with Crippen LogP contribution in [0.4, 0.5) is 0 Å². The fraction of sp³-hybridized carbons (Fsp3) is 0.571. The number of rotatable bonds is 5. The van der Waals surface area contributed by atoms with Crippen LogP contribution < -0.4 is 0 Å². The fourth-order valence-corrected chi connectivity index (χ4v) is 4.16. The van der Waals surface area contributed by atoms with Crippen molar-refractivity contribution in [1.82, 2.24) is 0 Å². The second kappa shape index (κ2) is 7.52. The SMILES string of the molecule is COC(=O)c1ccc(C[N+](C)(C)CC2C(C)C=C(C)CC2C)cc1. The zero-order valence-corrected chi connectivity index (χ0v) is 16.0. The third-order valence-electron chi connectivity index (χ3n) is 5.29. The summed E-state index contributed by atoms with van der Waals surface area (Å²) in [7, 11) is 6.02. The van der Waals surface area contributed by atoms with Crippen LogP contribution in [0.1, 0.15) is 43.1 Å². The second-order valence-corrected chi connectivity index (χ2v) is 8.18. The van der Waals surface area contributed by atoms with E-state index in [9.17, 15) is 4.79 Å². The largest absolute Gasteiger partial charge is 0.465 e. The molecule has 0 amide bonds. The van der Waals surface area contributed by atoms with E-state index in [1.54, 1.807) is 0 Å². The highest BCUT2D eigenvalue weighted by atomic mass is 16.5. The number of nitrogens with zero attached hydrogens (tertiary/aromatic N) is 1. The Hall–Kier alpha value is -1.61. The number of allylic oxidation sites excluding steroid dienone is 2. The van der Waals surface area contributed by atoms with Crippen LogP contribution in [-0.2, 0) is 11.3 Å². The molecule has 1 aromatic rings. The van der Waals surface area contributed by atoms with E-state index < -0.39 is 0 Å². The van der Waals surface area contributed by atoms with Gasteiger partial charge >= 0.3 is 5.97 Å². The van der Waals surface area contributed by atoms with Crippen LogP contribution in [0, 0.1) is 17.8 Å². The first-order valence-corrected chi connectivity index (χ1v) is 8.88. The van der Waals surface area contributed by atoms with Gasteiger partial charge in [-0.1, -0.05) is 37.6 Å². The highest BCUT2D eigenvalue weighted by molar-refractivity contribution is 5.89. The van der Waals surface area contributed by atoms with Gasteiger partial charge in [0.25, 0.3) is 0 Å². The van der Waals surface area contributed by atoms with Crippen LogP contribution in [0.3, 0.4) is 0 Å². The normalized spacial score (nSPS) is 24.4. The van der Waals surface area contributed by atoms with E-state index in [0.29, 0.717) is 11.5 Å². The molecule has 3 heteroatoms. The molecule has 3 unspecified atom stereocenters.